The second kappa shape index (κ2) is 6.73. The fourth-order valence-corrected chi connectivity index (χ4v) is 5.08. The zero-order valence-electron chi connectivity index (χ0n) is 15.7. The average molecular weight is 341 g/mol. The Morgan fingerprint density at radius 3 is 2.48 bits per heavy atom. The van der Waals surface area contributed by atoms with Crippen molar-refractivity contribution in [3.8, 4) is 0 Å². The van der Waals surface area contributed by atoms with Crippen molar-refractivity contribution in [1.29, 1.82) is 0 Å². The number of amides is 1. The van der Waals surface area contributed by atoms with Crippen LogP contribution >= 0.6 is 0 Å². The van der Waals surface area contributed by atoms with Gasteiger partial charge in [-0.2, -0.15) is 0 Å². The molecule has 1 unspecified atom stereocenters. The van der Waals surface area contributed by atoms with E-state index in [0.717, 1.165) is 52.0 Å². The number of likely N-dealkylation sites (tertiary alicyclic amines) is 2. The number of fused-ring (bicyclic) bond motifs is 1. The van der Waals surface area contributed by atoms with Crippen LogP contribution in [0.4, 0.5) is 0 Å². The predicted octanol–water partition coefficient (Wildman–Crippen LogP) is 2.38. The quantitative estimate of drug-likeness (QED) is 0.785. The van der Waals surface area contributed by atoms with E-state index >= 15 is 0 Å². The van der Waals surface area contributed by atoms with Crippen molar-refractivity contribution in [2.24, 2.45) is 5.92 Å². The first-order valence-corrected chi connectivity index (χ1v) is 9.83. The van der Waals surface area contributed by atoms with Crippen LogP contribution in [0.15, 0.2) is 24.3 Å². The van der Waals surface area contributed by atoms with Crippen molar-refractivity contribution in [3.05, 3.63) is 35.4 Å². The maximum atomic E-state index is 13.4. The van der Waals surface area contributed by atoms with E-state index in [-0.39, 0.29) is 11.5 Å². The van der Waals surface area contributed by atoms with Gasteiger partial charge in [0, 0.05) is 24.5 Å². The second-order valence-corrected chi connectivity index (χ2v) is 8.47. The number of likely N-dealkylation sites (N-methyl/N-ethyl adjacent to an activating group) is 1. The fraction of sp³-hybridized carbons (Fsp3) is 0.667. The first-order valence-electron chi connectivity index (χ1n) is 9.83. The molecule has 0 aliphatic carbocycles. The van der Waals surface area contributed by atoms with E-state index in [1.807, 2.05) is 0 Å². The zero-order chi connectivity index (χ0) is 17.4. The number of piperidine rings is 1. The van der Waals surface area contributed by atoms with Crippen LogP contribution in [0.5, 0.6) is 0 Å². The Bertz CT molecular complexity index is 638. The summed E-state index contributed by atoms with van der Waals surface area (Å²) < 4.78 is 0. The minimum Gasteiger partial charge on any atom is -0.336 e. The molecule has 1 amide bonds. The largest absolute Gasteiger partial charge is 0.336 e. The van der Waals surface area contributed by atoms with Gasteiger partial charge in [0.2, 0.25) is 5.91 Å². The first kappa shape index (κ1) is 17.0. The first-order chi connectivity index (χ1) is 12.1. The topological polar surface area (TPSA) is 26.8 Å². The lowest BCUT2D eigenvalue weighted by Gasteiger charge is -2.40. The highest BCUT2D eigenvalue weighted by molar-refractivity contribution is 5.79. The normalized spacial score (nSPS) is 29.0. The predicted molar refractivity (Wildman–Crippen MR) is 100 cm³/mol. The molecule has 0 saturated carbocycles. The summed E-state index contributed by atoms with van der Waals surface area (Å²) in [4.78, 5) is 20.4. The molecule has 2 saturated heterocycles. The van der Waals surface area contributed by atoms with Gasteiger partial charge in [-0.15, -0.1) is 0 Å². The molecule has 136 valence electrons. The Labute approximate surface area is 151 Å². The summed E-state index contributed by atoms with van der Waals surface area (Å²) in [5.74, 6) is 0.606. The molecule has 3 heterocycles. The Morgan fingerprint density at radius 2 is 1.80 bits per heavy atom. The van der Waals surface area contributed by atoms with Crippen molar-refractivity contribution in [2.45, 2.75) is 44.2 Å². The third kappa shape index (κ3) is 3.22. The lowest BCUT2D eigenvalue weighted by Crippen LogP contribution is -2.53. The molecule has 0 aromatic heterocycles. The monoisotopic (exact) mass is 341 g/mol. The fourth-order valence-electron chi connectivity index (χ4n) is 5.08. The maximum Gasteiger partial charge on any atom is 0.226 e. The number of rotatable bonds is 1. The summed E-state index contributed by atoms with van der Waals surface area (Å²) in [6.07, 6.45) is 5.55. The molecule has 0 bridgehead atoms. The second-order valence-electron chi connectivity index (χ2n) is 8.47. The van der Waals surface area contributed by atoms with E-state index in [2.05, 4.69) is 53.1 Å². The molecule has 0 radical (unpaired) electrons. The third-order valence-corrected chi connectivity index (χ3v) is 6.81. The molecule has 1 atom stereocenters. The molecule has 0 N–H and O–H groups in total. The van der Waals surface area contributed by atoms with Gasteiger partial charge in [-0.05, 0) is 77.0 Å². The molecular formula is C21H31N3O. The van der Waals surface area contributed by atoms with Gasteiger partial charge in [0.15, 0.2) is 0 Å². The minimum atomic E-state index is 0.133. The van der Waals surface area contributed by atoms with E-state index in [4.69, 9.17) is 0 Å². The van der Waals surface area contributed by atoms with Crippen LogP contribution in [-0.4, -0.2) is 66.4 Å². The smallest absolute Gasteiger partial charge is 0.226 e. The standard InChI is InChI=1S/C21H31N3O/c1-22-12-8-17(9-13-22)20(25)24-15-19-7-4-3-6-18(19)14-21(16-24)10-5-11-23(21)2/h3-4,6-7,17H,5,8-16H2,1-2H3. The van der Waals surface area contributed by atoms with E-state index in [1.54, 1.807) is 0 Å². The van der Waals surface area contributed by atoms with Gasteiger partial charge in [-0.1, -0.05) is 24.3 Å². The number of hydrogen-bond donors (Lipinski definition) is 0. The summed E-state index contributed by atoms with van der Waals surface area (Å²) in [5.41, 5.74) is 2.92. The molecule has 1 aromatic rings. The van der Waals surface area contributed by atoms with Crippen LogP contribution in [-0.2, 0) is 17.8 Å². The van der Waals surface area contributed by atoms with Gasteiger partial charge in [-0.3, -0.25) is 9.69 Å². The summed E-state index contributed by atoms with van der Waals surface area (Å²) in [5, 5.41) is 0. The lowest BCUT2D eigenvalue weighted by molar-refractivity contribution is -0.139. The highest BCUT2D eigenvalue weighted by Crippen LogP contribution is 2.37. The summed E-state index contributed by atoms with van der Waals surface area (Å²) in [6, 6.07) is 8.76. The highest BCUT2D eigenvalue weighted by Gasteiger charge is 2.44. The third-order valence-electron chi connectivity index (χ3n) is 6.81. The zero-order valence-corrected chi connectivity index (χ0v) is 15.7. The summed E-state index contributed by atoms with van der Waals surface area (Å²) in [6.45, 7) is 4.93. The number of carbonyl (C=O) groups excluding carboxylic acids is 1. The number of nitrogens with zero attached hydrogens (tertiary/aromatic N) is 3. The van der Waals surface area contributed by atoms with Crippen molar-refractivity contribution >= 4 is 5.91 Å². The van der Waals surface area contributed by atoms with Crippen LogP contribution in [0, 0.1) is 5.92 Å². The van der Waals surface area contributed by atoms with E-state index in [0.29, 0.717) is 5.91 Å². The van der Waals surface area contributed by atoms with Crippen LogP contribution in [0.2, 0.25) is 0 Å². The Balaban J connectivity index is 1.62. The number of hydrogen-bond acceptors (Lipinski definition) is 3. The highest BCUT2D eigenvalue weighted by atomic mass is 16.2. The Kier molecular flexibility index (Phi) is 4.59. The molecule has 25 heavy (non-hydrogen) atoms. The van der Waals surface area contributed by atoms with Crippen LogP contribution in [0.25, 0.3) is 0 Å². The van der Waals surface area contributed by atoms with Crippen LogP contribution in [0.1, 0.15) is 36.8 Å². The lowest BCUT2D eigenvalue weighted by atomic mass is 9.87. The molecule has 2 fully saturated rings. The molecule has 1 aromatic carbocycles. The van der Waals surface area contributed by atoms with Gasteiger partial charge in [0.25, 0.3) is 0 Å². The maximum absolute atomic E-state index is 13.4. The molecule has 3 aliphatic heterocycles. The van der Waals surface area contributed by atoms with E-state index < -0.39 is 0 Å². The molecule has 1 spiro atoms. The van der Waals surface area contributed by atoms with Gasteiger partial charge in [0.05, 0.1) is 0 Å². The molecular weight excluding hydrogens is 310 g/mol. The van der Waals surface area contributed by atoms with Crippen molar-refractivity contribution in [1.82, 2.24) is 14.7 Å². The van der Waals surface area contributed by atoms with Crippen molar-refractivity contribution in [3.63, 3.8) is 0 Å². The number of carbonyl (C=O) groups is 1. The van der Waals surface area contributed by atoms with Crippen LogP contribution in [0.3, 0.4) is 0 Å². The summed E-state index contributed by atoms with van der Waals surface area (Å²) >= 11 is 0. The van der Waals surface area contributed by atoms with Gasteiger partial charge in [-0.25, -0.2) is 0 Å². The SMILES string of the molecule is CN1CCC(C(=O)N2Cc3ccccc3CC3(CCCN3C)C2)CC1. The molecule has 4 heteroatoms. The molecule has 4 rings (SSSR count). The Morgan fingerprint density at radius 1 is 1.08 bits per heavy atom. The van der Waals surface area contributed by atoms with Gasteiger partial charge >= 0.3 is 0 Å². The number of benzene rings is 1. The van der Waals surface area contributed by atoms with E-state index in [9.17, 15) is 4.79 Å². The van der Waals surface area contributed by atoms with Gasteiger partial charge < -0.3 is 9.80 Å². The average Bonchev–Trinajstić information content (AvgIpc) is 2.87. The summed E-state index contributed by atoms with van der Waals surface area (Å²) in [7, 11) is 4.41. The van der Waals surface area contributed by atoms with Crippen LogP contribution < -0.4 is 0 Å². The molecule has 3 aliphatic rings. The van der Waals surface area contributed by atoms with Gasteiger partial charge in [0.1, 0.15) is 0 Å². The van der Waals surface area contributed by atoms with E-state index in [1.165, 1.54) is 24.0 Å². The minimum absolute atomic E-state index is 0.133. The van der Waals surface area contributed by atoms with Crippen molar-refractivity contribution < 1.29 is 4.79 Å². The Hall–Kier alpha value is -1.39. The van der Waals surface area contributed by atoms with Crippen molar-refractivity contribution in [2.75, 3.05) is 40.3 Å². The molecule has 4 nitrogen and oxygen atoms in total.